The van der Waals surface area contributed by atoms with Crippen molar-refractivity contribution < 1.29 is 4.74 Å². The average molecular weight is 444 g/mol. The van der Waals surface area contributed by atoms with Crippen LogP contribution in [0.15, 0.2) is 30.5 Å². The smallest absolute Gasteiger partial charge is 0.158 e. The Hall–Kier alpha value is -3.28. The zero-order valence-corrected chi connectivity index (χ0v) is 19.4. The summed E-state index contributed by atoms with van der Waals surface area (Å²) in [5.74, 6) is 0.707. The summed E-state index contributed by atoms with van der Waals surface area (Å²) in [5, 5.41) is 22.7. The molecule has 170 valence electrons. The number of aromatic nitrogens is 3. The minimum absolute atomic E-state index is 0.0369. The van der Waals surface area contributed by atoms with Gasteiger partial charge in [-0.2, -0.15) is 10.4 Å². The third-order valence-corrected chi connectivity index (χ3v) is 6.89. The Balaban J connectivity index is 1.46. The number of aryl methyl sites for hydroxylation is 1. The molecule has 0 saturated carbocycles. The maximum atomic E-state index is 9.40. The summed E-state index contributed by atoms with van der Waals surface area (Å²) < 4.78 is 5.71. The van der Waals surface area contributed by atoms with Gasteiger partial charge in [-0.25, -0.2) is 0 Å². The number of hydrogen-bond acceptors (Lipinski definition) is 8. The lowest BCUT2D eigenvalue weighted by Crippen LogP contribution is -2.58. The molecule has 1 aromatic carbocycles. The van der Waals surface area contributed by atoms with Gasteiger partial charge in [0.15, 0.2) is 5.82 Å². The summed E-state index contributed by atoms with van der Waals surface area (Å²) in [6.45, 7) is 11.6. The highest BCUT2D eigenvalue weighted by molar-refractivity contribution is 5.92. The number of fused-ring (bicyclic) bond motifs is 2. The van der Waals surface area contributed by atoms with Crippen molar-refractivity contribution in [1.29, 1.82) is 5.26 Å². The molecule has 4 heterocycles. The van der Waals surface area contributed by atoms with E-state index in [0.29, 0.717) is 17.4 Å². The molecule has 3 aromatic rings. The van der Waals surface area contributed by atoms with Crippen LogP contribution < -0.4 is 10.2 Å². The van der Waals surface area contributed by atoms with Crippen molar-refractivity contribution in [3.63, 3.8) is 0 Å². The van der Waals surface area contributed by atoms with Gasteiger partial charge in [-0.1, -0.05) is 12.1 Å². The van der Waals surface area contributed by atoms with Crippen LogP contribution in [0, 0.1) is 25.2 Å². The predicted molar refractivity (Wildman–Crippen MR) is 128 cm³/mol. The van der Waals surface area contributed by atoms with Crippen molar-refractivity contribution in [2.24, 2.45) is 0 Å². The maximum absolute atomic E-state index is 9.40. The SMILES string of the molecule is Cc1c(C#N)cccc1[C@@H](C)Nc1nnc(C)c2ncc(N3CCN4CCOC[C@@H]4C3)cc12. The van der Waals surface area contributed by atoms with E-state index in [1.54, 1.807) is 0 Å². The van der Waals surface area contributed by atoms with E-state index in [2.05, 4.69) is 44.4 Å². The number of nitrogens with one attached hydrogen (secondary N) is 1. The van der Waals surface area contributed by atoms with Crippen LogP contribution in [0.2, 0.25) is 0 Å². The van der Waals surface area contributed by atoms with Crippen molar-refractivity contribution in [3.05, 3.63) is 52.8 Å². The molecule has 0 unspecified atom stereocenters. The lowest BCUT2D eigenvalue weighted by Gasteiger charge is -2.44. The second kappa shape index (κ2) is 8.93. The van der Waals surface area contributed by atoms with Gasteiger partial charge in [-0.3, -0.25) is 9.88 Å². The first-order chi connectivity index (χ1) is 16.0. The number of morpholine rings is 1. The zero-order chi connectivity index (χ0) is 22.9. The van der Waals surface area contributed by atoms with Gasteiger partial charge >= 0.3 is 0 Å². The number of piperazine rings is 1. The van der Waals surface area contributed by atoms with Gasteiger partial charge in [-0.05, 0) is 44.0 Å². The fraction of sp³-hybridized carbons (Fsp3) is 0.440. The second-order valence-electron chi connectivity index (χ2n) is 8.93. The molecule has 2 fully saturated rings. The van der Waals surface area contributed by atoms with Crippen molar-refractivity contribution in [3.8, 4) is 6.07 Å². The average Bonchev–Trinajstić information content (AvgIpc) is 2.85. The Morgan fingerprint density at radius 3 is 2.94 bits per heavy atom. The Morgan fingerprint density at radius 1 is 1.21 bits per heavy atom. The van der Waals surface area contributed by atoms with Gasteiger partial charge in [0.1, 0.15) is 0 Å². The van der Waals surface area contributed by atoms with Crippen LogP contribution >= 0.6 is 0 Å². The number of rotatable bonds is 4. The van der Waals surface area contributed by atoms with E-state index >= 15 is 0 Å². The van der Waals surface area contributed by atoms with Gasteiger partial charge in [0.2, 0.25) is 0 Å². The molecular formula is C25H29N7O. The summed E-state index contributed by atoms with van der Waals surface area (Å²) >= 11 is 0. The molecule has 8 heteroatoms. The van der Waals surface area contributed by atoms with E-state index in [1.165, 1.54) is 0 Å². The lowest BCUT2D eigenvalue weighted by atomic mass is 9.98. The van der Waals surface area contributed by atoms with Crippen molar-refractivity contribution in [1.82, 2.24) is 20.1 Å². The highest BCUT2D eigenvalue weighted by atomic mass is 16.5. The standard InChI is InChI=1S/C25H29N7O/c1-16-19(12-26)5-4-6-22(16)17(2)28-25-23-11-20(13-27-24(23)18(3)29-30-25)32-8-7-31-9-10-33-15-21(31)14-32/h4-6,11,13,17,21H,7-10,14-15H2,1-3H3,(H,28,30)/t17-,21+/m1/s1. The summed E-state index contributed by atoms with van der Waals surface area (Å²) in [5.41, 5.74) is 5.50. The third kappa shape index (κ3) is 4.10. The molecule has 2 aromatic heterocycles. The van der Waals surface area contributed by atoms with E-state index in [1.807, 2.05) is 38.2 Å². The number of pyridine rings is 1. The van der Waals surface area contributed by atoms with Gasteiger partial charge < -0.3 is 15.0 Å². The van der Waals surface area contributed by atoms with Crippen LogP contribution in [0.3, 0.4) is 0 Å². The minimum atomic E-state index is -0.0369. The first kappa shape index (κ1) is 21.6. The fourth-order valence-electron chi connectivity index (χ4n) is 4.94. The molecule has 2 atom stereocenters. The molecule has 0 radical (unpaired) electrons. The Morgan fingerprint density at radius 2 is 2.09 bits per heavy atom. The topological polar surface area (TPSA) is 90.2 Å². The van der Waals surface area contributed by atoms with E-state index < -0.39 is 0 Å². The van der Waals surface area contributed by atoms with Gasteiger partial charge in [0.05, 0.1) is 60.0 Å². The van der Waals surface area contributed by atoms with Crippen LogP contribution in [-0.4, -0.2) is 65.5 Å². The normalized spacial score (nSPS) is 19.7. The zero-order valence-electron chi connectivity index (χ0n) is 19.4. The van der Waals surface area contributed by atoms with E-state index in [4.69, 9.17) is 9.72 Å². The molecule has 2 aliphatic heterocycles. The highest BCUT2D eigenvalue weighted by Crippen LogP contribution is 2.30. The number of ether oxygens (including phenoxy) is 1. The van der Waals surface area contributed by atoms with E-state index in [9.17, 15) is 5.26 Å². The Labute approximate surface area is 194 Å². The Kier molecular flexibility index (Phi) is 5.83. The molecule has 2 saturated heterocycles. The number of benzene rings is 1. The largest absolute Gasteiger partial charge is 0.378 e. The molecule has 33 heavy (non-hydrogen) atoms. The molecule has 5 rings (SSSR count). The number of nitrogens with zero attached hydrogens (tertiary/aromatic N) is 6. The number of hydrogen-bond donors (Lipinski definition) is 1. The summed E-state index contributed by atoms with van der Waals surface area (Å²) in [4.78, 5) is 9.69. The van der Waals surface area contributed by atoms with Gasteiger partial charge in [0.25, 0.3) is 0 Å². The van der Waals surface area contributed by atoms with Crippen molar-refractivity contribution >= 4 is 22.4 Å². The summed E-state index contributed by atoms with van der Waals surface area (Å²) in [7, 11) is 0. The van der Waals surface area contributed by atoms with Crippen LogP contribution in [-0.2, 0) is 4.74 Å². The molecule has 1 N–H and O–H groups in total. The number of nitriles is 1. The summed E-state index contributed by atoms with van der Waals surface area (Å²) in [6, 6.07) is 10.7. The monoisotopic (exact) mass is 443 g/mol. The maximum Gasteiger partial charge on any atom is 0.158 e. The molecule has 2 aliphatic rings. The van der Waals surface area contributed by atoms with Crippen molar-refractivity contribution in [2.45, 2.75) is 32.9 Å². The fourth-order valence-corrected chi connectivity index (χ4v) is 4.94. The van der Waals surface area contributed by atoms with Crippen LogP contribution in [0.1, 0.15) is 35.3 Å². The Bertz CT molecular complexity index is 1220. The van der Waals surface area contributed by atoms with E-state index in [-0.39, 0.29) is 6.04 Å². The first-order valence-electron chi connectivity index (χ1n) is 11.5. The van der Waals surface area contributed by atoms with Gasteiger partial charge in [0, 0.05) is 31.6 Å². The molecule has 0 aliphatic carbocycles. The van der Waals surface area contributed by atoms with E-state index in [0.717, 1.165) is 72.8 Å². The third-order valence-electron chi connectivity index (χ3n) is 6.89. The molecule has 0 amide bonds. The molecule has 8 nitrogen and oxygen atoms in total. The summed E-state index contributed by atoms with van der Waals surface area (Å²) in [6.07, 6.45) is 1.95. The quantitative estimate of drug-likeness (QED) is 0.657. The van der Waals surface area contributed by atoms with Crippen LogP contribution in [0.4, 0.5) is 11.5 Å². The first-order valence-corrected chi connectivity index (χ1v) is 11.5. The molecule has 0 bridgehead atoms. The molecule has 0 spiro atoms. The molecular weight excluding hydrogens is 414 g/mol. The van der Waals surface area contributed by atoms with Crippen LogP contribution in [0.25, 0.3) is 10.9 Å². The second-order valence-corrected chi connectivity index (χ2v) is 8.93. The van der Waals surface area contributed by atoms with Crippen molar-refractivity contribution in [2.75, 3.05) is 49.6 Å². The van der Waals surface area contributed by atoms with Gasteiger partial charge in [-0.15, -0.1) is 5.10 Å². The lowest BCUT2D eigenvalue weighted by molar-refractivity contribution is -0.0116. The minimum Gasteiger partial charge on any atom is -0.378 e. The number of anilines is 2. The van der Waals surface area contributed by atoms with Crippen LogP contribution in [0.5, 0.6) is 0 Å². The highest BCUT2D eigenvalue weighted by Gasteiger charge is 2.30. The predicted octanol–water partition coefficient (Wildman–Crippen LogP) is 3.21.